The maximum Gasteiger partial charge on any atom is 1.00 e. The third-order valence-corrected chi connectivity index (χ3v) is 0.430. The van der Waals surface area contributed by atoms with Gasteiger partial charge in [0.15, 0.2) is 0 Å². The number of aliphatic carboxylic acids is 1. The number of rotatable bonds is 3. The minimum absolute atomic E-state index is 0. The van der Waals surface area contributed by atoms with Crippen molar-refractivity contribution in [1.29, 1.82) is 0 Å². The fraction of sp³-hybridized carbons (Fsp3) is 0.750. The molecule has 0 heterocycles. The van der Waals surface area contributed by atoms with Gasteiger partial charge in [0.2, 0.25) is 0 Å². The molecule has 0 atom stereocenters. The molecule has 0 amide bonds. The van der Waals surface area contributed by atoms with E-state index in [1.165, 1.54) is 0 Å². The van der Waals surface area contributed by atoms with Crippen molar-refractivity contribution in [3.63, 3.8) is 0 Å². The molecule has 0 unspecified atom stereocenters. The predicted octanol–water partition coefficient (Wildman–Crippen LogP) is -2.78. The van der Waals surface area contributed by atoms with Crippen LogP contribution in [0.1, 0.15) is 8.35 Å². The number of hydrogen-bond acceptors (Lipinski definition) is 2. The van der Waals surface area contributed by atoms with Crippen LogP contribution < -0.4 is 51.4 Å². The first kappa shape index (κ1) is 11.8. The molecule has 0 bridgehead atoms. The second-order valence-electron chi connectivity index (χ2n) is 1.03. The smallest absolute Gasteiger partial charge is 1.00 e. The van der Waals surface area contributed by atoms with Gasteiger partial charge in [-0.2, -0.15) is 0 Å². The summed E-state index contributed by atoms with van der Waals surface area (Å²) in [6.07, 6.45) is 0. The minimum atomic E-state index is -0.915. The van der Waals surface area contributed by atoms with Gasteiger partial charge in [-0.1, -0.05) is 0 Å². The summed E-state index contributed by atoms with van der Waals surface area (Å²) in [4.78, 5) is 9.63. The van der Waals surface area contributed by atoms with Gasteiger partial charge < -0.3 is 11.3 Å². The molecule has 1 N–H and O–H groups in total. The first-order valence-corrected chi connectivity index (χ1v) is 2.07. The molecule has 0 aliphatic carbocycles. The second kappa shape index (κ2) is 8.07. The van der Waals surface area contributed by atoms with E-state index in [2.05, 4.69) is 4.74 Å². The summed E-state index contributed by atoms with van der Waals surface area (Å²) in [6, 6.07) is 0. The monoisotopic (exact) mass is 144 g/mol. The molecule has 0 saturated carbocycles. The van der Waals surface area contributed by atoms with Crippen LogP contribution in [0.4, 0.5) is 0 Å². The van der Waals surface area contributed by atoms with Crippen molar-refractivity contribution in [3.05, 3.63) is 0 Å². The molecular formula is C4H9KO3. The van der Waals surface area contributed by atoms with E-state index in [9.17, 15) is 4.79 Å². The van der Waals surface area contributed by atoms with Crippen LogP contribution in [0.5, 0.6) is 0 Å². The van der Waals surface area contributed by atoms with Gasteiger partial charge in [0.1, 0.15) is 6.61 Å². The summed E-state index contributed by atoms with van der Waals surface area (Å²) in [7, 11) is 0. The topological polar surface area (TPSA) is 46.5 Å². The molecule has 4 heteroatoms. The number of hydrogen-bond donors (Lipinski definition) is 1. The third kappa shape index (κ3) is 10.1. The van der Waals surface area contributed by atoms with E-state index in [0.29, 0.717) is 6.61 Å². The number of carboxylic acid groups (broad SMARTS) is 1. The normalized spacial score (nSPS) is 7.62. The van der Waals surface area contributed by atoms with Crippen LogP contribution in [0.15, 0.2) is 0 Å². The Hall–Kier alpha value is 1.07. The van der Waals surface area contributed by atoms with E-state index in [4.69, 9.17) is 5.11 Å². The zero-order chi connectivity index (χ0) is 5.70. The van der Waals surface area contributed by atoms with Crippen LogP contribution >= 0.6 is 0 Å². The molecule has 0 aromatic heterocycles. The fourth-order valence-corrected chi connectivity index (χ4v) is 0.189. The molecular weight excluding hydrogens is 135 g/mol. The first-order chi connectivity index (χ1) is 3.27. The van der Waals surface area contributed by atoms with Crippen molar-refractivity contribution >= 4 is 5.97 Å². The maximum atomic E-state index is 9.63. The summed E-state index contributed by atoms with van der Waals surface area (Å²) in [5, 5.41) is 7.92. The molecule has 0 aromatic carbocycles. The standard InChI is InChI=1S/C4H8O3.K.H/c1-2-7-3-4(5)6;;/h2-3H2,1H3,(H,5,6);;/q;+1;-1. The average molecular weight is 144 g/mol. The third-order valence-electron chi connectivity index (χ3n) is 0.430. The number of ether oxygens (including phenoxy) is 1. The quantitative estimate of drug-likeness (QED) is 0.436. The molecule has 0 aromatic rings. The molecule has 0 saturated heterocycles. The van der Waals surface area contributed by atoms with Crippen molar-refractivity contribution in [2.24, 2.45) is 0 Å². The van der Waals surface area contributed by atoms with Gasteiger partial charge >= 0.3 is 57.4 Å². The predicted molar refractivity (Wildman–Crippen MR) is 25.2 cm³/mol. The van der Waals surface area contributed by atoms with Crippen LogP contribution in [-0.2, 0) is 9.53 Å². The largest absolute Gasteiger partial charge is 1.00 e. The minimum Gasteiger partial charge on any atom is -1.00 e. The summed E-state index contributed by atoms with van der Waals surface area (Å²) >= 11 is 0. The molecule has 0 rings (SSSR count). The second-order valence-corrected chi connectivity index (χ2v) is 1.03. The van der Waals surface area contributed by atoms with Gasteiger partial charge in [-0.15, -0.1) is 0 Å². The van der Waals surface area contributed by atoms with Gasteiger partial charge in [-0.05, 0) is 6.92 Å². The summed E-state index contributed by atoms with van der Waals surface area (Å²) < 4.78 is 4.50. The Kier molecular flexibility index (Phi) is 11.9. The zero-order valence-electron chi connectivity index (χ0n) is 6.18. The van der Waals surface area contributed by atoms with Crippen molar-refractivity contribution < 1.29 is 67.4 Å². The van der Waals surface area contributed by atoms with Gasteiger partial charge in [0.05, 0.1) is 0 Å². The number of carboxylic acids is 1. The molecule has 8 heavy (non-hydrogen) atoms. The van der Waals surface area contributed by atoms with E-state index in [-0.39, 0.29) is 59.4 Å². The van der Waals surface area contributed by atoms with Gasteiger partial charge in [-0.25, -0.2) is 4.79 Å². The first-order valence-electron chi connectivity index (χ1n) is 2.07. The number of carbonyl (C=O) groups is 1. The Balaban J connectivity index is -0.000000180. The summed E-state index contributed by atoms with van der Waals surface area (Å²) in [6.45, 7) is 2.03. The van der Waals surface area contributed by atoms with E-state index in [0.717, 1.165) is 0 Å². The van der Waals surface area contributed by atoms with Gasteiger partial charge in [0, 0.05) is 6.61 Å². The van der Waals surface area contributed by atoms with E-state index >= 15 is 0 Å². The average Bonchev–Trinajstić information content (AvgIpc) is 1.61. The SMILES string of the molecule is CCOCC(=O)O.[H-].[K+]. The maximum absolute atomic E-state index is 9.63. The van der Waals surface area contributed by atoms with Gasteiger partial charge in [0.25, 0.3) is 0 Å². The Bertz CT molecular complexity index is 68.8. The molecule has 0 spiro atoms. The Morgan fingerprint density at radius 3 is 2.50 bits per heavy atom. The molecule has 0 fully saturated rings. The van der Waals surface area contributed by atoms with Crippen LogP contribution in [0.3, 0.4) is 0 Å². The Morgan fingerprint density at radius 2 is 2.38 bits per heavy atom. The van der Waals surface area contributed by atoms with Crippen LogP contribution in [0.25, 0.3) is 0 Å². The molecule has 0 aliphatic heterocycles. The van der Waals surface area contributed by atoms with Crippen molar-refractivity contribution in [2.75, 3.05) is 13.2 Å². The van der Waals surface area contributed by atoms with E-state index in [1.54, 1.807) is 6.92 Å². The molecule has 0 radical (unpaired) electrons. The Morgan fingerprint density at radius 1 is 1.88 bits per heavy atom. The van der Waals surface area contributed by atoms with Crippen molar-refractivity contribution in [3.8, 4) is 0 Å². The van der Waals surface area contributed by atoms with Crippen LogP contribution in [-0.4, -0.2) is 24.3 Å². The Labute approximate surface area is 92.3 Å². The molecule has 0 aliphatic rings. The fourth-order valence-electron chi connectivity index (χ4n) is 0.189. The van der Waals surface area contributed by atoms with Crippen molar-refractivity contribution in [1.82, 2.24) is 0 Å². The van der Waals surface area contributed by atoms with Crippen LogP contribution in [0, 0.1) is 0 Å². The van der Waals surface area contributed by atoms with E-state index < -0.39 is 5.97 Å². The summed E-state index contributed by atoms with van der Waals surface area (Å²) in [5.41, 5.74) is 0. The molecule has 3 nitrogen and oxygen atoms in total. The van der Waals surface area contributed by atoms with Crippen LogP contribution in [0.2, 0.25) is 0 Å². The summed E-state index contributed by atoms with van der Waals surface area (Å²) in [5.74, 6) is -0.915. The van der Waals surface area contributed by atoms with Gasteiger partial charge in [-0.3, -0.25) is 0 Å². The van der Waals surface area contributed by atoms with Crippen molar-refractivity contribution in [2.45, 2.75) is 6.92 Å². The zero-order valence-corrected chi connectivity index (χ0v) is 8.30. The molecule has 44 valence electrons. The van der Waals surface area contributed by atoms with E-state index in [1.807, 2.05) is 0 Å².